The number of nitrogens with zero attached hydrogens (tertiary/aromatic N) is 4. The summed E-state index contributed by atoms with van der Waals surface area (Å²) >= 11 is 0. The van der Waals surface area contributed by atoms with E-state index >= 15 is 0 Å². The van der Waals surface area contributed by atoms with E-state index in [9.17, 15) is 9.59 Å². The van der Waals surface area contributed by atoms with Crippen LogP contribution in [0, 0.1) is 13.8 Å². The molecule has 0 spiro atoms. The number of nitrogens with one attached hydrogen (secondary N) is 1. The quantitative estimate of drug-likeness (QED) is 0.815. The Balaban J connectivity index is 1.96. The van der Waals surface area contributed by atoms with Crippen LogP contribution in [0.3, 0.4) is 0 Å². The van der Waals surface area contributed by atoms with Crippen LogP contribution in [0.1, 0.15) is 33.9 Å². The molecule has 0 aliphatic heterocycles. The van der Waals surface area contributed by atoms with E-state index < -0.39 is 5.97 Å². The molecule has 118 valence electrons. The lowest BCUT2D eigenvalue weighted by atomic mass is 10.2. The minimum absolute atomic E-state index is 0.0309. The molecular formula is C14H19N5O3. The van der Waals surface area contributed by atoms with Crippen molar-refractivity contribution in [3.05, 3.63) is 34.9 Å². The largest absolute Gasteiger partial charge is 0.481 e. The molecule has 0 aliphatic carbocycles. The van der Waals surface area contributed by atoms with E-state index in [2.05, 4.69) is 15.5 Å². The molecule has 0 saturated carbocycles. The molecule has 0 aliphatic rings. The van der Waals surface area contributed by atoms with Gasteiger partial charge in [-0.3, -0.25) is 19.0 Å². The Labute approximate surface area is 127 Å². The minimum Gasteiger partial charge on any atom is -0.481 e. The number of carboxylic acid groups (broad SMARTS) is 1. The fourth-order valence-electron chi connectivity index (χ4n) is 2.15. The third kappa shape index (κ3) is 3.51. The van der Waals surface area contributed by atoms with Crippen molar-refractivity contribution in [1.29, 1.82) is 0 Å². The summed E-state index contributed by atoms with van der Waals surface area (Å²) in [5, 5.41) is 19.8. The zero-order valence-electron chi connectivity index (χ0n) is 12.8. The van der Waals surface area contributed by atoms with Crippen molar-refractivity contribution < 1.29 is 14.7 Å². The van der Waals surface area contributed by atoms with Crippen LogP contribution in [0.5, 0.6) is 0 Å². The van der Waals surface area contributed by atoms with Gasteiger partial charge in [0.25, 0.3) is 5.91 Å². The van der Waals surface area contributed by atoms with Crippen LogP contribution >= 0.6 is 0 Å². The Morgan fingerprint density at radius 1 is 1.32 bits per heavy atom. The van der Waals surface area contributed by atoms with Gasteiger partial charge in [-0.1, -0.05) is 0 Å². The van der Waals surface area contributed by atoms with Crippen molar-refractivity contribution in [3.63, 3.8) is 0 Å². The van der Waals surface area contributed by atoms with Crippen molar-refractivity contribution in [3.8, 4) is 0 Å². The van der Waals surface area contributed by atoms with Gasteiger partial charge in [-0.2, -0.15) is 10.2 Å². The molecule has 0 unspecified atom stereocenters. The summed E-state index contributed by atoms with van der Waals surface area (Å²) in [5.41, 5.74) is 3.14. The van der Waals surface area contributed by atoms with Gasteiger partial charge in [-0.15, -0.1) is 0 Å². The highest BCUT2D eigenvalue weighted by Crippen LogP contribution is 2.11. The Morgan fingerprint density at radius 2 is 2.05 bits per heavy atom. The molecule has 0 saturated heterocycles. The number of aromatic nitrogens is 4. The number of carbonyl (C=O) groups is 2. The van der Waals surface area contributed by atoms with Crippen LogP contribution < -0.4 is 5.32 Å². The number of hydrogen-bond donors (Lipinski definition) is 2. The smallest absolute Gasteiger partial charge is 0.305 e. The highest BCUT2D eigenvalue weighted by Gasteiger charge is 2.13. The van der Waals surface area contributed by atoms with Gasteiger partial charge < -0.3 is 10.4 Å². The van der Waals surface area contributed by atoms with Gasteiger partial charge in [-0.25, -0.2) is 0 Å². The summed E-state index contributed by atoms with van der Waals surface area (Å²) in [7, 11) is 1.86. The SMILES string of the molecule is Cc1nn(C)c(C)c1CNC(=O)c1ccn(CCC(=O)O)n1. The second kappa shape index (κ2) is 6.42. The molecule has 2 rings (SSSR count). The van der Waals surface area contributed by atoms with E-state index in [1.54, 1.807) is 16.9 Å². The van der Waals surface area contributed by atoms with Gasteiger partial charge in [0, 0.05) is 31.0 Å². The van der Waals surface area contributed by atoms with E-state index in [4.69, 9.17) is 5.11 Å². The molecule has 0 atom stereocenters. The van der Waals surface area contributed by atoms with Crippen molar-refractivity contribution in [1.82, 2.24) is 24.9 Å². The summed E-state index contributed by atoms with van der Waals surface area (Å²) in [6, 6.07) is 1.57. The molecule has 8 nitrogen and oxygen atoms in total. The molecule has 0 fully saturated rings. The highest BCUT2D eigenvalue weighted by molar-refractivity contribution is 5.92. The number of carboxylic acids is 1. The summed E-state index contributed by atoms with van der Waals surface area (Å²) in [6.45, 7) is 4.47. The normalized spacial score (nSPS) is 10.7. The monoisotopic (exact) mass is 305 g/mol. The fraction of sp³-hybridized carbons (Fsp3) is 0.429. The summed E-state index contributed by atoms with van der Waals surface area (Å²) in [4.78, 5) is 22.6. The average Bonchev–Trinajstić information content (AvgIpc) is 3.01. The molecule has 1 amide bonds. The first kappa shape index (κ1) is 15.7. The lowest BCUT2D eigenvalue weighted by Gasteiger charge is -2.04. The van der Waals surface area contributed by atoms with Gasteiger partial charge in [0.1, 0.15) is 5.69 Å². The minimum atomic E-state index is -0.899. The number of aliphatic carboxylic acids is 1. The van der Waals surface area contributed by atoms with Gasteiger partial charge in [0.2, 0.25) is 0 Å². The predicted octanol–water partition coefficient (Wildman–Crippen LogP) is 0.638. The maximum absolute atomic E-state index is 12.1. The van der Waals surface area contributed by atoms with E-state index in [0.717, 1.165) is 17.0 Å². The number of aryl methyl sites for hydroxylation is 3. The van der Waals surface area contributed by atoms with Crippen LogP contribution in [0.2, 0.25) is 0 Å². The van der Waals surface area contributed by atoms with Gasteiger partial charge in [-0.05, 0) is 19.9 Å². The summed E-state index contributed by atoms with van der Waals surface area (Å²) < 4.78 is 3.22. The van der Waals surface area contributed by atoms with Crippen molar-refractivity contribution in [2.75, 3.05) is 0 Å². The first-order valence-electron chi connectivity index (χ1n) is 6.91. The molecule has 8 heteroatoms. The molecule has 2 heterocycles. The zero-order chi connectivity index (χ0) is 16.3. The van der Waals surface area contributed by atoms with E-state index in [0.29, 0.717) is 6.54 Å². The number of hydrogen-bond acceptors (Lipinski definition) is 4. The Kier molecular flexibility index (Phi) is 4.59. The molecule has 22 heavy (non-hydrogen) atoms. The van der Waals surface area contributed by atoms with Crippen molar-refractivity contribution >= 4 is 11.9 Å². The maximum Gasteiger partial charge on any atom is 0.305 e. The Hall–Kier alpha value is -2.64. The zero-order valence-corrected chi connectivity index (χ0v) is 12.8. The molecule has 2 N–H and O–H groups in total. The summed E-state index contributed by atoms with van der Waals surface area (Å²) in [5.74, 6) is -1.19. The molecular weight excluding hydrogens is 286 g/mol. The molecule has 2 aromatic rings. The first-order chi connectivity index (χ1) is 10.4. The third-order valence-corrected chi connectivity index (χ3v) is 3.51. The van der Waals surface area contributed by atoms with Crippen LogP contribution in [0.4, 0.5) is 0 Å². The molecule has 2 aromatic heterocycles. The van der Waals surface area contributed by atoms with E-state index in [1.165, 1.54) is 4.68 Å². The second-order valence-corrected chi connectivity index (χ2v) is 5.06. The van der Waals surface area contributed by atoms with Crippen molar-refractivity contribution in [2.45, 2.75) is 33.4 Å². The number of carbonyl (C=O) groups excluding carboxylic acids is 1. The van der Waals surface area contributed by atoms with Crippen molar-refractivity contribution in [2.24, 2.45) is 7.05 Å². The Morgan fingerprint density at radius 3 is 2.64 bits per heavy atom. The van der Waals surface area contributed by atoms with Gasteiger partial charge in [0.05, 0.1) is 18.7 Å². The second-order valence-electron chi connectivity index (χ2n) is 5.06. The first-order valence-corrected chi connectivity index (χ1v) is 6.91. The van der Waals surface area contributed by atoms with Crippen LogP contribution in [-0.2, 0) is 24.9 Å². The lowest BCUT2D eigenvalue weighted by Crippen LogP contribution is -2.24. The standard InChI is InChI=1S/C14H19N5O3/c1-9-11(10(2)18(3)16-9)8-15-14(22)12-4-6-19(17-12)7-5-13(20)21/h4,6H,5,7-8H2,1-3H3,(H,15,22)(H,20,21). The molecule has 0 aromatic carbocycles. The lowest BCUT2D eigenvalue weighted by molar-refractivity contribution is -0.137. The van der Waals surface area contributed by atoms with Crippen LogP contribution in [0.25, 0.3) is 0 Å². The number of rotatable bonds is 6. The van der Waals surface area contributed by atoms with Gasteiger partial charge in [0.15, 0.2) is 0 Å². The van der Waals surface area contributed by atoms with Crippen LogP contribution in [-0.4, -0.2) is 36.5 Å². The van der Waals surface area contributed by atoms with Gasteiger partial charge >= 0.3 is 5.97 Å². The fourth-order valence-corrected chi connectivity index (χ4v) is 2.15. The van der Waals surface area contributed by atoms with Crippen LogP contribution in [0.15, 0.2) is 12.3 Å². The average molecular weight is 305 g/mol. The maximum atomic E-state index is 12.1. The topological polar surface area (TPSA) is 102 Å². The Bertz CT molecular complexity index is 701. The predicted molar refractivity (Wildman–Crippen MR) is 78.3 cm³/mol. The number of amides is 1. The third-order valence-electron chi connectivity index (χ3n) is 3.51. The molecule has 0 radical (unpaired) electrons. The summed E-state index contributed by atoms with van der Waals surface area (Å²) in [6.07, 6.45) is 1.56. The van der Waals surface area contributed by atoms with E-state index in [1.807, 2.05) is 20.9 Å². The molecule has 0 bridgehead atoms. The van der Waals surface area contributed by atoms with E-state index in [-0.39, 0.29) is 24.6 Å². The highest BCUT2D eigenvalue weighted by atomic mass is 16.4.